The number of hydrogen-bond donors (Lipinski definition) is 0. The molecule has 0 aliphatic heterocycles. The van der Waals surface area contributed by atoms with Crippen LogP contribution < -0.4 is 4.90 Å². The van der Waals surface area contributed by atoms with Gasteiger partial charge in [-0.3, -0.25) is 14.7 Å². The highest BCUT2D eigenvalue weighted by Gasteiger charge is 2.30. The SMILES string of the molecule is Cc1onc(-c2ccccc2Cl)c1C(=O)N(Cc1cccnc1)c1nc2c(Cl)cccc2s1. The number of rotatable bonds is 5. The molecule has 5 aromatic rings. The van der Waals surface area contributed by atoms with Gasteiger partial charge < -0.3 is 4.52 Å². The number of halogens is 2. The van der Waals surface area contributed by atoms with Crippen LogP contribution in [0.4, 0.5) is 5.13 Å². The van der Waals surface area contributed by atoms with Gasteiger partial charge >= 0.3 is 0 Å². The zero-order chi connectivity index (χ0) is 22.9. The molecule has 3 aromatic heterocycles. The van der Waals surface area contributed by atoms with Crippen LogP contribution >= 0.6 is 34.5 Å². The Hall–Kier alpha value is -3.26. The summed E-state index contributed by atoms with van der Waals surface area (Å²) >= 11 is 14.1. The third-order valence-electron chi connectivity index (χ3n) is 5.10. The van der Waals surface area contributed by atoms with Crippen molar-refractivity contribution in [2.45, 2.75) is 13.5 Å². The number of fused-ring (bicyclic) bond motifs is 1. The summed E-state index contributed by atoms with van der Waals surface area (Å²) in [5.41, 5.74) is 2.84. The number of anilines is 1. The first-order valence-electron chi connectivity index (χ1n) is 10.00. The summed E-state index contributed by atoms with van der Waals surface area (Å²) < 4.78 is 6.32. The minimum Gasteiger partial charge on any atom is -0.360 e. The van der Waals surface area contributed by atoms with Gasteiger partial charge in [0, 0.05) is 18.0 Å². The van der Waals surface area contributed by atoms with E-state index < -0.39 is 0 Å². The molecule has 0 unspecified atom stereocenters. The lowest BCUT2D eigenvalue weighted by Crippen LogP contribution is -2.31. The lowest BCUT2D eigenvalue weighted by molar-refractivity contribution is 0.0984. The van der Waals surface area contributed by atoms with E-state index >= 15 is 0 Å². The van der Waals surface area contributed by atoms with Gasteiger partial charge in [0.2, 0.25) is 0 Å². The zero-order valence-electron chi connectivity index (χ0n) is 17.3. The van der Waals surface area contributed by atoms with Crippen LogP contribution in [0.3, 0.4) is 0 Å². The Labute approximate surface area is 203 Å². The monoisotopic (exact) mass is 494 g/mol. The van der Waals surface area contributed by atoms with Gasteiger partial charge in [0.15, 0.2) is 5.13 Å². The zero-order valence-corrected chi connectivity index (χ0v) is 19.7. The van der Waals surface area contributed by atoms with Gasteiger partial charge in [-0.15, -0.1) is 0 Å². The van der Waals surface area contributed by atoms with Gasteiger partial charge in [-0.25, -0.2) is 4.98 Å². The molecule has 1 amide bonds. The van der Waals surface area contributed by atoms with Crippen molar-refractivity contribution in [2.24, 2.45) is 0 Å². The third-order valence-corrected chi connectivity index (χ3v) is 6.78. The second-order valence-corrected chi connectivity index (χ2v) is 9.10. The number of thiazole rings is 1. The Bertz CT molecular complexity index is 1470. The van der Waals surface area contributed by atoms with E-state index in [4.69, 9.17) is 27.7 Å². The number of aryl methyl sites for hydroxylation is 1. The van der Waals surface area contributed by atoms with Crippen LogP contribution in [-0.4, -0.2) is 21.0 Å². The van der Waals surface area contributed by atoms with Crippen LogP contribution in [0.2, 0.25) is 10.0 Å². The second-order valence-electron chi connectivity index (χ2n) is 7.28. The summed E-state index contributed by atoms with van der Waals surface area (Å²) in [7, 11) is 0. The molecule has 0 fully saturated rings. The molecule has 6 nitrogen and oxygen atoms in total. The maximum Gasteiger partial charge on any atom is 0.266 e. The van der Waals surface area contributed by atoms with E-state index in [1.54, 1.807) is 42.4 Å². The number of para-hydroxylation sites is 1. The molecule has 0 radical (unpaired) electrons. The molecule has 33 heavy (non-hydrogen) atoms. The molecular formula is C24H16Cl2N4O2S. The number of aromatic nitrogens is 3. The molecule has 0 saturated heterocycles. The molecule has 0 spiro atoms. The van der Waals surface area contributed by atoms with Crippen LogP contribution in [0.25, 0.3) is 21.5 Å². The second kappa shape index (κ2) is 8.94. The molecule has 0 N–H and O–H groups in total. The number of benzene rings is 2. The van der Waals surface area contributed by atoms with E-state index in [2.05, 4.69) is 15.1 Å². The van der Waals surface area contributed by atoms with Gasteiger partial charge in [0.1, 0.15) is 22.5 Å². The molecule has 0 bridgehead atoms. The fourth-order valence-electron chi connectivity index (χ4n) is 3.52. The number of hydrogen-bond acceptors (Lipinski definition) is 6. The first-order valence-corrected chi connectivity index (χ1v) is 11.6. The minimum atomic E-state index is -0.303. The van der Waals surface area contributed by atoms with Crippen LogP contribution in [0.5, 0.6) is 0 Å². The number of amides is 1. The first kappa shape index (κ1) is 21.6. The summed E-state index contributed by atoms with van der Waals surface area (Å²) in [6.07, 6.45) is 3.41. The molecule has 3 heterocycles. The highest BCUT2D eigenvalue weighted by Crippen LogP contribution is 2.36. The standard InChI is InChI=1S/C24H16Cl2N4O2S/c1-14-20(21(29-32-14)16-7-2-3-8-17(16)25)23(31)30(13-15-6-5-11-27-12-15)24-28-22-18(26)9-4-10-19(22)33-24/h2-12H,13H2,1H3. The fourth-order valence-corrected chi connectivity index (χ4v) is 5.00. The van der Waals surface area contributed by atoms with Gasteiger partial charge in [0.25, 0.3) is 5.91 Å². The van der Waals surface area contributed by atoms with E-state index in [-0.39, 0.29) is 12.5 Å². The van der Waals surface area contributed by atoms with Crippen LogP contribution in [-0.2, 0) is 6.54 Å². The Morgan fingerprint density at radius 1 is 1.06 bits per heavy atom. The Balaban J connectivity index is 1.64. The largest absolute Gasteiger partial charge is 0.360 e. The maximum atomic E-state index is 14.0. The van der Waals surface area contributed by atoms with Crippen molar-refractivity contribution in [3.8, 4) is 11.3 Å². The van der Waals surface area contributed by atoms with E-state index in [0.717, 1.165) is 10.3 Å². The van der Waals surface area contributed by atoms with Crippen molar-refractivity contribution in [1.29, 1.82) is 0 Å². The first-order chi connectivity index (χ1) is 16.0. The lowest BCUT2D eigenvalue weighted by atomic mass is 10.0. The van der Waals surface area contributed by atoms with Crippen molar-refractivity contribution in [3.63, 3.8) is 0 Å². The average molecular weight is 495 g/mol. The van der Waals surface area contributed by atoms with Crippen molar-refractivity contribution in [3.05, 3.63) is 93.9 Å². The van der Waals surface area contributed by atoms with E-state index in [9.17, 15) is 4.79 Å². The van der Waals surface area contributed by atoms with Crippen molar-refractivity contribution < 1.29 is 9.32 Å². The van der Waals surface area contributed by atoms with Gasteiger partial charge in [-0.2, -0.15) is 0 Å². The normalized spacial score (nSPS) is 11.1. The topological polar surface area (TPSA) is 72.1 Å². The smallest absolute Gasteiger partial charge is 0.266 e. The fraction of sp³-hybridized carbons (Fsp3) is 0.0833. The molecule has 0 atom stereocenters. The molecule has 5 rings (SSSR count). The van der Waals surface area contributed by atoms with Gasteiger partial charge in [-0.05, 0) is 36.8 Å². The summed E-state index contributed by atoms with van der Waals surface area (Å²) in [4.78, 5) is 24.5. The van der Waals surface area contributed by atoms with E-state index in [1.807, 2.05) is 36.4 Å². The number of carbonyl (C=O) groups excluding carboxylic acids is 1. The highest BCUT2D eigenvalue weighted by molar-refractivity contribution is 7.22. The van der Waals surface area contributed by atoms with Crippen molar-refractivity contribution >= 4 is 55.8 Å². The minimum absolute atomic E-state index is 0.261. The summed E-state index contributed by atoms with van der Waals surface area (Å²) in [5, 5.41) is 5.67. The predicted molar refractivity (Wildman–Crippen MR) is 131 cm³/mol. The third kappa shape index (κ3) is 4.11. The summed E-state index contributed by atoms with van der Waals surface area (Å²) in [6.45, 7) is 1.97. The van der Waals surface area contributed by atoms with Crippen LogP contribution in [0.1, 0.15) is 21.7 Å². The quantitative estimate of drug-likeness (QED) is 0.268. The van der Waals surface area contributed by atoms with E-state index in [0.29, 0.717) is 43.3 Å². The summed E-state index contributed by atoms with van der Waals surface area (Å²) in [6, 6.07) is 16.5. The van der Waals surface area contributed by atoms with Crippen molar-refractivity contribution in [1.82, 2.24) is 15.1 Å². The molecule has 0 saturated carbocycles. The maximum absolute atomic E-state index is 14.0. The van der Waals surface area contributed by atoms with Crippen molar-refractivity contribution in [2.75, 3.05) is 4.90 Å². The molecule has 9 heteroatoms. The molecule has 164 valence electrons. The molecular weight excluding hydrogens is 479 g/mol. The number of nitrogens with zero attached hydrogens (tertiary/aromatic N) is 4. The van der Waals surface area contributed by atoms with Gasteiger partial charge in [0.05, 0.1) is 21.3 Å². The average Bonchev–Trinajstić information content (AvgIpc) is 3.42. The lowest BCUT2D eigenvalue weighted by Gasteiger charge is -2.20. The summed E-state index contributed by atoms with van der Waals surface area (Å²) in [5.74, 6) is 0.0907. The predicted octanol–water partition coefficient (Wildman–Crippen LogP) is 6.81. The molecule has 0 aliphatic carbocycles. The molecule has 0 aliphatic rings. The highest BCUT2D eigenvalue weighted by atomic mass is 35.5. The Morgan fingerprint density at radius 2 is 1.88 bits per heavy atom. The Kier molecular flexibility index (Phi) is 5.85. The van der Waals surface area contributed by atoms with Crippen LogP contribution in [0.15, 0.2) is 71.5 Å². The number of pyridine rings is 1. The number of carbonyl (C=O) groups is 1. The molecule has 2 aromatic carbocycles. The van der Waals surface area contributed by atoms with Crippen LogP contribution in [0, 0.1) is 6.92 Å². The Morgan fingerprint density at radius 3 is 2.64 bits per heavy atom. The van der Waals surface area contributed by atoms with E-state index in [1.165, 1.54) is 11.3 Å². The van der Waals surface area contributed by atoms with Gasteiger partial charge in [-0.1, -0.05) is 70.0 Å².